The van der Waals surface area contributed by atoms with Gasteiger partial charge >= 0.3 is 4.87 Å². The van der Waals surface area contributed by atoms with Gasteiger partial charge in [0.1, 0.15) is 19.8 Å². The monoisotopic (exact) mass is 463 g/mol. The van der Waals surface area contributed by atoms with Gasteiger partial charge in [0.25, 0.3) is 0 Å². The minimum atomic E-state index is -3.73. The highest BCUT2D eigenvalue weighted by Gasteiger charge is 2.25. The Morgan fingerprint density at radius 2 is 1.90 bits per heavy atom. The van der Waals surface area contributed by atoms with Crippen LogP contribution in [0, 0.1) is 0 Å². The molecule has 0 unspecified atom stereocenters. The second-order valence-corrected chi connectivity index (χ2v) is 10.1. The van der Waals surface area contributed by atoms with Crippen LogP contribution in [0.4, 0.5) is 11.4 Å². The van der Waals surface area contributed by atoms with Crippen LogP contribution in [0.2, 0.25) is 0 Å². The van der Waals surface area contributed by atoms with Gasteiger partial charge in [-0.05, 0) is 37.3 Å². The van der Waals surface area contributed by atoms with Crippen LogP contribution in [0.5, 0.6) is 11.5 Å². The van der Waals surface area contributed by atoms with Crippen molar-refractivity contribution in [2.75, 3.05) is 35.1 Å². The van der Waals surface area contributed by atoms with Gasteiger partial charge in [0.05, 0.1) is 21.7 Å². The summed E-state index contributed by atoms with van der Waals surface area (Å²) in [5.74, 6) is 0.293. The summed E-state index contributed by atoms with van der Waals surface area (Å²) in [7, 11) is -2.05. The molecule has 0 bridgehead atoms. The number of anilines is 2. The number of nitrogens with zero attached hydrogens (tertiary/aromatic N) is 2. The van der Waals surface area contributed by atoms with Crippen molar-refractivity contribution < 1.29 is 22.7 Å². The summed E-state index contributed by atoms with van der Waals surface area (Å²) in [4.78, 5) is 24.4. The van der Waals surface area contributed by atoms with E-state index in [0.29, 0.717) is 36.1 Å². The lowest BCUT2D eigenvalue weighted by Crippen LogP contribution is -2.39. The Bertz CT molecular complexity index is 1310. The van der Waals surface area contributed by atoms with Crippen molar-refractivity contribution in [3.63, 3.8) is 0 Å². The van der Waals surface area contributed by atoms with E-state index in [0.717, 1.165) is 25.9 Å². The molecule has 3 aromatic rings. The predicted octanol–water partition coefficient (Wildman–Crippen LogP) is 2.17. The fraction of sp³-hybridized carbons (Fsp3) is 0.300. The van der Waals surface area contributed by atoms with E-state index in [1.807, 2.05) is 0 Å². The van der Waals surface area contributed by atoms with E-state index in [9.17, 15) is 18.0 Å². The van der Waals surface area contributed by atoms with Crippen molar-refractivity contribution in [1.82, 2.24) is 4.57 Å². The molecule has 2 aromatic carbocycles. The average Bonchev–Trinajstić information content (AvgIpc) is 3.04. The Balaban J connectivity index is 1.59. The molecular weight excluding hydrogens is 442 g/mol. The largest absolute Gasteiger partial charge is 0.486 e. The summed E-state index contributed by atoms with van der Waals surface area (Å²) in [6.45, 7) is 1.90. The maximum Gasteiger partial charge on any atom is 0.307 e. The van der Waals surface area contributed by atoms with Gasteiger partial charge in [-0.2, -0.15) is 0 Å². The number of carbonyl (C=O) groups is 1. The molecule has 0 aliphatic carbocycles. The fourth-order valence-electron chi connectivity index (χ4n) is 3.24. The van der Waals surface area contributed by atoms with E-state index in [2.05, 4.69) is 5.32 Å². The molecule has 1 N–H and O–H groups in total. The van der Waals surface area contributed by atoms with Crippen LogP contribution in [-0.2, 0) is 21.9 Å². The number of aromatic nitrogens is 1. The van der Waals surface area contributed by atoms with Crippen LogP contribution >= 0.6 is 11.3 Å². The zero-order chi connectivity index (χ0) is 22.2. The smallest absolute Gasteiger partial charge is 0.307 e. The topological polar surface area (TPSA) is 107 Å². The summed E-state index contributed by atoms with van der Waals surface area (Å²) in [5, 5.41) is 2.72. The van der Waals surface area contributed by atoms with E-state index >= 15 is 0 Å². The van der Waals surface area contributed by atoms with Crippen LogP contribution in [0.25, 0.3) is 10.2 Å². The number of sulfonamides is 1. The van der Waals surface area contributed by atoms with Crippen LogP contribution in [0.3, 0.4) is 0 Å². The number of fused-ring (bicyclic) bond motifs is 2. The van der Waals surface area contributed by atoms with Crippen LogP contribution < -0.4 is 24.0 Å². The van der Waals surface area contributed by atoms with Gasteiger partial charge < -0.3 is 19.4 Å². The third-order valence-electron chi connectivity index (χ3n) is 4.88. The molecule has 1 aliphatic heterocycles. The zero-order valence-electron chi connectivity index (χ0n) is 17.0. The van der Waals surface area contributed by atoms with Crippen molar-refractivity contribution in [3.8, 4) is 11.5 Å². The highest BCUT2D eigenvalue weighted by Crippen LogP contribution is 2.35. The normalized spacial score (nSPS) is 13.2. The number of rotatable bonds is 6. The number of carbonyl (C=O) groups excluding carboxylic acids is 1. The summed E-state index contributed by atoms with van der Waals surface area (Å²) < 4.78 is 39.8. The minimum Gasteiger partial charge on any atom is -0.486 e. The number of nitrogens with one attached hydrogen (secondary N) is 1. The molecule has 9 nitrogen and oxygen atoms in total. The zero-order valence-corrected chi connectivity index (χ0v) is 18.6. The first kappa shape index (κ1) is 21.2. The minimum absolute atomic E-state index is 0.0997. The first-order valence-electron chi connectivity index (χ1n) is 9.58. The average molecular weight is 464 g/mol. The molecule has 164 valence electrons. The second-order valence-electron chi connectivity index (χ2n) is 6.89. The summed E-state index contributed by atoms with van der Waals surface area (Å²) in [6, 6.07) is 9.89. The molecule has 0 saturated heterocycles. The van der Waals surface area contributed by atoms with Gasteiger partial charge in [-0.3, -0.25) is 13.9 Å². The molecule has 0 radical (unpaired) electrons. The molecule has 0 atom stereocenters. The third-order valence-corrected chi connectivity index (χ3v) is 7.61. The van der Waals surface area contributed by atoms with Crippen molar-refractivity contribution >= 4 is 48.9 Å². The number of benzene rings is 2. The van der Waals surface area contributed by atoms with E-state index in [1.54, 1.807) is 43.4 Å². The molecule has 0 saturated carbocycles. The van der Waals surface area contributed by atoms with Crippen molar-refractivity contribution in [3.05, 3.63) is 46.1 Å². The predicted molar refractivity (Wildman–Crippen MR) is 120 cm³/mol. The fourth-order valence-corrected chi connectivity index (χ4v) is 5.22. The summed E-state index contributed by atoms with van der Waals surface area (Å²) in [5.41, 5.74) is 1.56. The van der Waals surface area contributed by atoms with Crippen LogP contribution in [-0.4, -0.2) is 44.4 Å². The van der Waals surface area contributed by atoms with Gasteiger partial charge in [0.15, 0.2) is 11.5 Å². The molecule has 0 spiro atoms. The third kappa shape index (κ3) is 4.23. The first-order valence-corrected chi connectivity index (χ1v) is 12.0. The van der Waals surface area contributed by atoms with Crippen LogP contribution in [0.15, 0.2) is 41.2 Å². The number of ether oxygens (including phenoxy) is 2. The highest BCUT2D eigenvalue weighted by atomic mass is 32.2. The Kier molecular flexibility index (Phi) is 5.63. The lowest BCUT2D eigenvalue weighted by molar-refractivity contribution is -0.114. The summed E-state index contributed by atoms with van der Waals surface area (Å²) >= 11 is 1.08. The Labute approximate surface area is 182 Å². The Morgan fingerprint density at radius 1 is 1.16 bits per heavy atom. The maximum atomic E-state index is 12.7. The molecule has 11 heteroatoms. The number of hydrogen-bond donors (Lipinski definition) is 1. The van der Waals surface area contributed by atoms with E-state index in [4.69, 9.17) is 9.47 Å². The van der Waals surface area contributed by atoms with Crippen LogP contribution in [0.1, 0.15) is 6.92 Å². The number of hydrogen-bond acceptors (Lipinski definition) is 7. The molecular formula is C20H21N3O6S2. The van der Waals surface area contributed by atoms with Gasteiger partial charge in [-0.25, -0.2) is 8.42 Å². The Hall–Kier alpha value is -3.05. The maximum absolute atomic E-state index is 12.7. The van der Waals surface area contributed by atoms with E-state index < -0.39 is 22.5 Å². The SMILES string of the molecule is CCS(=O)(=O)N(CC(=O)Nc1ccc2c(c1)sc(=O)n2C)c1ccc2c(c1)OCCO2. The first-order chi connectivity index (χ1) is 14.8. The lowest BCUT2D eigenvalue weighted by Gasteiger charge is -2.25. The van der Waals surface area contributed by atoms with Gasteiger partial charge in [-0.1, -0.05) is 11.3 Å². The molecule has 1 aliphatic rings. The summed E-state index contributed by atoms with van der Waals surface area (Å²) in [6.07, 6.45) is 0. The van der Waals surface area contributed by atoms with Crippen molar-refractivity contribution in [1.29, 1.82) is 0 Å². The van der Waals surface area contributed by atoms with Gasteiger partial charge in [0, 0.05) is 18.8 Å². The van der Waals surface area contributed by atoms with Crippen molar-refractivity contribution in [2.45, 2.75) is 6.92 Å². The van der Waals surface area contributed by atoms with Gasteiger partial charge in [-0.15, -0.1) is 0 Å². The highest BCUT2D eigenvalue weighted by molar-refractivity contribution is 7.92. The second kappa shape index (κ2) is 8.23. The number of aryl methyl sites for hydroxylation is 1. The standard InChI is InChI=1S/C20H21N3O6S2/c1-3-31(26,27)23(14-5-7-16-17(11-14)29-9-8-28-16)12-19(24)21-13-4-6-15-18(10-13)30-20(25)22(15)2/h4-7,10-11H,3,8-9,12H2,1-2H3,(H,21,24). The van der Waals surface area contributed by atoms with E-state index in [-0.39, 0.29) is 10.6 Å². The molecule has 31 heavy (non-hydrogen) atoms. The molecule has 1 aromatic heterocycles. The molecule has 4 rings (SSSR count). The number of thiazole rings is 1. The van der Waals surface area contributed by atoms with Crippen molar-refractivity contribution in [2.24, 2.45) is 7.05 Å². The Morgan fingerprint density at radius 3 is 2.65 bits per heavy atom. The lowest BCUT2D eigenvalue weighted by atomic mass is 10.2. The quantitative estimate of drug-likeness (QED) is 0.600. The molecule has 0 fully saturated rings. The van der Waals surface area contributed by atoms with Gasteiger partial charge in [0.2, 0.25) is 15.9 Å². The molecule has 1 amide bonds. The number of amides is 1. The van der Waals surface area contributed by atoms with E-state index in [1.165, 1.54) is 11.5 Å². The molecule has 2 heterocycles.